The van der Waals surface area contributed by atoms with E-state index in [1.54, 1.807) is 4.90 Å². The second-order valence-electron chi connectivity index (χ2n) is 5.49. The average molecular weight is 279 g/mol. The Balaban J connectivity index is 2.00. The van der Waals surface area contributed by atoms with E-state index in [1.807, 2.05) is 0 Å². The molecule has 0 aromatic heterocycles. The van der Waals surface area contributed by atoms with Crippen molar-refractivity contribution in [3.63, 3.8) is 0 Å². The Morgan fingerprint density at radius 1 is 1.15 bits per heavy atom. The number of rotatable bonds is 4. The van der Waals surface area contributed by atoms with Crippen molar-refractivity contribution in [3.8, 4) is 12.3 Å². The zero-order chi connectivity index (χ0) is 14.5. The number of amides is 1. The lowest BCUT2D eigenvalue weighted by atomic mass is 9.93. The molecule has 0 aromatic rings. The summed E-state index contributed by atoms with van der Waals surface area (Å²) in [5, 5.41) is 8.92. The Kier molecular flexibility index (Phi) is 5.02. The predicted octanol–water partition coefficient (Wildman–Crippen LogP) is 1.41. The SMILES string of the molecule is C#CCN(C(=O)[C@@H]1CC[C@H](C(=O)O)O1)C1CCCCC1. The van der Waals surface area contributed by atoms with Gasteiger partial charge in [0.15, 0.2) is 6.10 Å². The first-order chi connectivity index (χ1) is 9.63. The molecule has 0 bridgehead atoms. The summed E-state index contributed by atoms with van der Waals surface area (Å²) in [6.07, 6.45) is 10.1. The Bertz CT molecular complexity index is 409. The van der Waals surface area contributed by atoms with Crippen molar-refractivity contribution >= 4 is 11.9 Å². The van der Waals surface area contributed by atoms with Gasteiger partial charge in [-0.1, -0.05) is 25.2 Å². The van der Waals surface area contributed by atoms with E-state index in [0.29, 0.717) is 12.8 Å². The molecule has 5 heteroatoms. The molecule has 0 aromatic carbocycles. The van der Waals surface area contributed by atoms with Crippen LogP contribution in [0.2, 0.25) is 0 Å². The minimum Gasteiger partial charge on any atom is -0.479 e. The maximum atomic E-state index is 12.5. The lowest BCUT2D eigenvalue weighted by molar-refractivity contribution is -0.155. The summed E-state index contributed by atoms with van der Waals surface area (Å²) in [6, 6.07) is 0.180. The van der Waals surface area contributed by atoms with Gasteiger partial charge in [0.25, 0.3) is 5.91 Å². The Morgan fingerprint density at radius 2 is 1.80 bits per heavy atom. The van der Waals surface area contributed by atoms with Crippen molar-refractivity contribution in [3.05, 3.63) is 0 Å². The van der Waals surface area contributed by atoms with Gasteiger partial charge in [0.1, 0.15) is 6.10 Å². The molecule has 5 nitrogen and oxygen atoms in total. The molecular formula is C15H21NO4. The van der Waals surface area contributed by atoms with Crippen LogP contribution in [-0.2, 0) is 14.3 Å². The van der Waals surface area contributed by atoms with Gasteiger partial charge in [-0.3, -0.25) is 4.79 Å². The lowest BCUT2D eigenvalue weighted by Gasteiger charge is -2.34. The standard InChI is InChI=1S/C15H21NO4/c1-2-10-16(11-6-4-3-5-7-11)14(17)12-8-9-13(20-12)15(18)19/h1,11-13H,3-10H2,(H,18,19)/t12-,13+/m0/s1. The molecule has 2 fully saturated rings. The molecule has 2 atom stereocenters. The van der Waals surface area contributed by atoms with Crippen LogP contribution >= 0.6 is 0 Å². The highest BCUT2D eigenvalue weighted by Crippen LogP contribution is 2.26. The number of hydrogen-bond acceptors (Lipinski definition) is 3. The van der Waals surface area contributed by atoms with Gasteiger partial charge in [0.05, 0.1) is 6.54 Å². The van der Waals surface area contributed by atoms with Gasteiger partial charge in [-0.15, -0.1) is 6.42 Å². The van der Waals surface area contributed by atoms with Gasteiger partial charge in [0, 0.05) is 6.04 Å². The molecule has 1 aliphatic heterocycles. The van der Waals surface area contributed by atoms with Crippen LogP contribution < -0.4 is 0 Å². The number of terminal acetylenes is 1. The molecule has 0 unspecified atom stereocenters. The normalized spacial score (nSPS) is 26.9. The predicted molar refractivity (Wildman–Crippen MR) is 72.9 cm³/mol. The Morgan fingerprint density at radius 3 is 2.35 bits per heavy atom. The van der Waals surface area contributed by atoms with E-state index in [4.69, 9.17) is 16.3 Å². The van der Waals surface area contributed by atoms with Crippen molar-refractivity contribution in [2.24, 2.45) is 0 Å². The summed E-state index contributed by atoms with van der Waals surface area (Å²) in [5.74, 6) is 1.40. The summed E-state index contributed by atoms with van der Waals surface area (Å²) < 4.78 is 5.34. The van der Waals surface area contributed by atoms with Crippen molar-refractivity contribution < 1.29 is 19.4 Å². The Hall–Kier alpha value is -1.54. The maximum Gasteiger partial charge on any atom is 0.332 e. The summed E-state index contributed by atoms with van der Waals surface area (Å²) in [7, 11) is 0. The lowest BCUT2D eigenvalue weighted by Crippen LogP contribution is -2.46. The van der Waals surface area contributed by atoms with Crippen molar-refractivity contribution in [1.82, 2.24) is 4.90 Å². The van der Waals surface area contributed by atoms with E-state index in [0.717, 1.165) is 25.7 Å². The third-order valence-corrected chi connectivity index (χ3v) is 4.13. The van der Waals surface area contributed by atoms with Gasteiger partial charge in [-0.2, -0.15) is 0 Å². The largest absolute Gasteiger partial charge is 0.479 e. The number of hydrogen-bond donors (Lipinski definition) is 1. The first-order valence-corrected chi connectivity index (χ1v) is 7.25. The van der Waals surface area contributed by atoms with E-state index < -0.39 is 18.2 Å². The second-order valence-corrected chi connectivity index (χ2v) is 5.49. The topological polar surface area (TPSA) is 66.8 Å². The maximum absolute atomic E-state index is 12.5. The monoisotopic (exact) mass is 279 g/mol. The number of nitrogens with zero attached hydrogens (tertiary/aromatic N) is 1. The molecule has 110 valence electrons. The van der Waals surface area contributed by atoms with Crippen LogP contribution in [0.15, 0.2) is 0 Å². The fourth-order valence-electron chi connectivity index (χ4n) is 3.06. The molecule has 1 N–H and O–H groups in total. The molecule has 0 spiro atoms. The molecule has 1 heterocycles. The van der Waals surface area contributed by atoms with Gasteiger partial charge in [-0.05, 0) is 25.7 Å². The first-order valence-electron chi connectivity index (χ1n) is 7.25. The highest BCUT2D eigenvalue weighted by Gasteiger charge is 2.38. The third kappa shape index (κ3) is 3.31. The van der Waals surface area contributed by atoms with Crippen molar-refractivity contribution in [2.45, 2.75) is 63.2 Å². The van der Waals surface area contributed by atoms with Gasteiger partial charge in [-0.25, -0.2) is 4.79 Å². The molecule has 0 radical (unpaired) electrons. The van der Waals surface area contributed by atoms with E-state index in [2.05, 4.69) is 5.92 Å². The second kappa shape index (κ2) is 6.76. The van der Waals surface area contributed by atoms with E-state index in [1.165, 1.54) is 6.42 Å². The van der Waals surface area contributed by atoms with Gasteiger partial charge in [0.2, 0.25) is 0 Å². The molecule has 1 saturated heterocycles. The number of carbonyl (C=O) groups excluding carboxylic acids is 1. The van der Waals surface area contributed by atoms with Crippen LogP contribution in [0.1, 0.15) is 44.9 Å². The van der Waals surface area contributed by atoms with Crippen molar-refractivity contribution in [1.29, 1.82) is 0 Å². The number of carboxylic acids is 1. The minimum absolute atomic E-state index is 0.140. The van der Waals surface area contributed by atoms with E-state index in [-0.39, 0.29) is 18.5 Å². The van der Waals surface area contributed by atoms with Crippen LogP contribution in [-0.4, -0.2) is 46.7 Å². The fourth-order valence-corrected chi connectivity index (χ4v) is 3.06. The van der Waals surface area contributed by atoms with Gasteiger partial charge >= 0.3 is 5.97 Å². The van der Waals surface area contributed by atoms with Crippen LogP contribution in [0, 0.1) is 12.3 Å². The summed E-state index contributed by atoms with van der Waals surface area (Å²) >= 11 is 0. The highest BCUT2D eigenvalue weighted by molar-refractivity contribution is 5.83. The molecule has 1 amide bonds. The highest BCUT2D eigenvalue weighted by atomic mass is 16.5. The number of carboxylic acid groups (broad SMARTS) is 1. The van der Waals surface area contributed by atoms with E-state index >= 15 is 0 Å². The Labute approximate surface area is 119 Å². The molecular weight excluding hydrogens is 258 g/mol. The molecule has 1 saturated carbocycles. The summed E-state index contributed by atoms with van der Waals surface area (Å²) in [4.78, 5) is 25.1. The molecule has 2 aliphatic rings. The van der Waals surface area contributed by atoms with E-state index in [9.17, 15) is 9.59 Å². The van der Waals surface area contributed by atoms with Gasteiger partial charge < -0.3 is 14.7 Å². The summed E-state index contributed by atoms with van der Waals surface area (Å²) in [6.45, 7) is 0.279. The van der Waals surface area contributed by atoms with Crippen LogP contribution in [0.4, 0.5) is 0 Å². The molecule has 1 aliphatic carbocycles. The van der Waals surface area contributed by atoms with Crippen LogP contribution in [0.5, 0.6) is 0 Å². The van der Waals surface area contributed by atoms with Crippen LogP contribution in [0.25, 0.3) is 0 Å². The number of aliphatic carboxylic acids is 1. The average Bonchev–Trinajstić information content (AvgIpc) is 2.95. The zero-order valence-electron chi connectivity index (χ0n) is 11.6. The first kappa shape index (κ1) is 14.9. The third-order valence-electron chi connectivity index (χ3n) is 4.13. The number of carbonyl (C=O) groups is 2. The minimum atomic E-state index is -0.999. The van der Waals surface area contributed by atoms with Crippen LogP contribution in [0.3, 0.4) is 0 Å². The zero-order valence-corrected chi connectivity index (χ0v) is 11.6. The molecule has 20 heavy (non-hydrogen) atoms. The fraction of sp³-hybridized carbons (Fsp3) is 0.733. The number of ether oxygens (including phenoxy) is 1. The summed E-state index contributed by atoms with van der Waals surface area (Å²) in [5.41, 5.74) is 0. The quantitative estimate of drug-likeness (QED) is 0.790. The molecule has 2 rings (SSSR count). The smallest absolute Gasteiger partial charge is 0.332 e. The van der Waals surface area contributed by atoms with Crippen molar-refractivity contribution in [2.75, 3.05) is 6.54 Å².